The maximum absolute atomic E-state index is 11.3. The highest BCUT2D eigenvalue weighted by molar-refractivity contribution is 5.75. The van der Waals surface area contributed by atoms with Crippen molar-refractivity contribution in [1.82, 2.24) is 19.7 Å². The standard InChI is InChI=1S/C29H41N5O2/c1-18(9-23-15-31-34(16-23)17-29(5,6)36)21(4)28-30-14-19(2)27(33-28)32-26-12-24-10-22(8-7-20(3)35)11-25(24)13-26/h12-16,18,21-22,26,36H,7-11,17H2,1-6H3,(H,30,32,33). The van der Waals surface area contributed by atoms with E-state index in [0.717, 1.165) is 48.5 Å². The Morgan fingerprint density at radius 3 is 2.56 bits per heavy atom. The SMILES string of the molecule is CC(=O)CCC1CC2=CC(Nc3nc(C(C)C(C)Cc4cnn(CC(C)(C)O)c4)ncc3C)C=C2C1. The Morgan fingerprint density at radius 1 is 1.22 bits per heavy atom. The highest BCUT2D eigenvalue weighted by Gasteiger charge is 2.29. The van der Waals surface area contributed by atoms with Crippen molar-refractivity contribution in [3.8, 4) is 0 Å². The van der Waals surface area contributed by atoms with E-state index in [1.807, 2.05) is 30.2 Å². The second-order valence-corrected chi connectivity index (χ2v) is 11.7. The van der Waals surface area contributed by atoms with Gasteiger partial charge < -0.3 is 15.2 Å². The first-order valence-electron chi connectivity index (χ1n) is 13.2. The number of anilines is 1. The van der Waals surface area contributed by atoms with Gasteiger partial charge in [0.25, 0.3) is 0 Å². The Labute approximate surface area is 215 Å². The molecule has 2 unspecified atom stereocenters. The van der Waals surface area contributed by atoms with Crippen molar-refractivity contribution in [1.29, 1.82) is 0 Å². The molecule has 2 aliphatic rings. The number of fused-ring (bicyclic) bond motifs is 1. The molecule has 1 saturated carbocycles. The molecule has 0 spiro atoms. The molecule has 0 bridgehead atoms. The Bertz CT molecular complexity index is 1130. The molecule has 2 aromatic heterocycles. The average Bonchev–Trinajstić information content (AvgIpc) is 3.47. The van der Waals surface area contributed by atoms with E-state index in [1.165, 1.54) is 11.1 Å². The number of allylic oxidation sites excluding steroid dienone is 2. The molecule has 36 heavy (non-hydrogen) atoms. The van der Waals surface area contributed by atoms with Crippen molar-refractivity contribution in [2.24, 2.45) is 11.8 Å². The number of hydrogen-bond acceptors (Lipinski definition) is 6. The van der Waals surface area contributed by atoms with Crippen LogP contribution in [0.1, 0.15) is 83.2 Å². The van der Waals surface area contributed by atoms with Gasteiger partial charge in [-0.15, -0.1) is 0 Å². The van der Waals surface area contributed by atoms with Crippen LogP contribution in [-0.2, 0) is 17.8 Å². The third-order valence-corrected chi connectivity index (χ3v) is 7.44. The van der Waals surface area contributed by atoms with Gasteiger partial charge in [-0.25, -0.2) is 9.97 Å². The molecule has 4 rings (SSSR count). The first-order valence-corrected chi connectivity index (χ1v) is 13.2. The number of aromatic nitrogens is 4. The van der Waals surface area contributed by atoms with Crippen LogP contribution in [0.2, 0.25) is 0 Å². The summed E-state index contributed by atoms with van der Waals surface area (Å²) < 4.78 is 1.81. The van der Waals surface area contributed by atoms with Gasteiger partial charge in [0, 0.05) is 30.3 Å². The van der Waals surface area contributed by atoms with Gasteiger partial charge in [-0.2, -0.15) is 5.10 Å². The lowest BCUT2D eigenvalue weighted by Crippen LogP contribution is -2.26. The van der Waals surface area contributed by atoms with Crippen LogP contribution < -0.4 is 5.32 Å². The third kappa shape index (κ3) is 6.69. The normalized spacial score (nSPS) is 18.1. The summed E-state index contributed by atoms with van der Waals surface area (Å²) in [5.41, 5.74) is 4.27. The van der Waals surface area contributed by atoms with Crippen molar-refractivity contribution >= 4 is 11.6 Å². The monoisotopic (exact) mass is 491 g/mol. The molecular formula is C29H41N5O2. The number of aliphatic hydroxyl groups is 1. The van der Waals surface area contributed by atoms with Crippen molar-refractivity contribution < 1.29 is 9.90 Å². The third-order valence-electron chi connectivity index (χ3n) is 7.44. The van der Waals surface area contributed by atoms with Gasteiger partial charge in [0.1, 0.15) is 17.4 Å². The van der Waals surface area contributed by atoms with Gasteiger partial charge in [-0.1, -0.05) is 26.0 Å². The second kappa shape index (κ2) is 10.7. The van der Waals surface area contributed by atoms with Gasteiger partial charge in [-0.05, 0) is 81.9 Å². The van der Waals surface area contributed by atoms with Crippen LogP contribution in [0.25, 0.3) is 0 Å². The summed E-state index contributed by atoms with van der Waals surface area (Å²) in [5, 5.41) is 18.1. The summed E-state index contributed by atoms with van der Waals surface area (Å²) >= 11 is 0. The van der Waals surface area contributed by atoms with E-state index in [1.54, 1.807) is 20.8 Å². The number of nitrogens with one attached hydrogen (secondary N) is 1. The molecule has 2 aromatic rings. The van der Waals surface area contributed by atoms with E-state index in [4.69, 9.17) is 4.98 Å². The zero-order chi connectivity index (χ0) is 26.0. The van der Waals surface area contributed by atoms with Gasteiger partial charge >= 0.3 is 0 Å². The number of carbonyl (C=O) groups is 1. The molecule has 2 N–H and O–H groups in total. The first kappa shape index (κ1) is 26.3. The lowest BCUT2D eigenvalue weighted by Gasteiger charge is -2.20. The van der Waals surface area contributed by atoms with Crippen LogP contribution in [0, 0.1) is 18.8 Å². The summed E-state index contributed by atoms with van der Waals surface area (Å²) in [4.78, 5) is 20.9. The summed E-state index contributed by atoms with van der Waals surface area (Å²) in [6.45, 7) is 12.2. The predicted octanol–water partition coefficient (Wildman–Crippen LogP) is 5.16. The number of hydrogen-bond donors (Lipinski definition) is 2. The molecule has 2 heterocycles. The number of Topliss-reactive ketones (excluding diaryl/α,β-unsaturated/α-hetero) is 1. The fraction of sp³-hybridized carbons (Fsp3) is 0.586. The maximum Gasteiger partial charge on any atom is 0.133 e. The van der Waals surface area contributed by atoms with Crippen molar-refractivity contribution in [3.63, 3.8) is 0 Å². The molecule has 0 aromatic carbocycles. The van der Waals surface area contributed by atoms with Crippen LogP contribution in [0.4, 0.5) is 5.82 Å². The van der Waals surface area contributed by atoms with E-state index < -0.39 is 5.60 Å². The maximum atomic E-state index is 11.3. The molecule has 2 aliphatic carbocycles. The molecule has 194 valence electrons. The molecule has 1 fully saturated rings. The van der Waals surface area contributed by atoms with Gasteiger partial charge in [0.15, 0.2) is 0 Å². The minimum absolute atomic E-state index is 0.152. The van der Waals surface area contributed by atoms with Crippen molar-refractivity contribution in [2.75, 3.05) is 5.32 Å². The van der Waals surface area contributed by atoms with Gasteiger partial charge in [0.2, 0.25) is 0 Å². The van der Waals surface area contributed by atoms with Crippen molar-refractivity contribution in [2.45, 2.75) is 97.8 Å². The quantitative estimate of drug-likeness (QED) is 0.451. The van der Waals surface area contributed by atoms with Crippen molar-refractivity contribution in [3.05, 3.63) is 58.8 Å². The summed E-state index contributed by atoms with van der Waals surface area (Å²) in [5.74, 6) is 3.15. The Hall–Kier alpha value is -2.80. The lowest BCUT2D eigenvalue weighted by atomic mass is 9.90. The van der Waals surface area contributed by atoms with Crippen LogP contribution in [0.5, 0.6) is 0 Å². The Kier molecular flexibility index (Phi) is 7.79. The Morgan fingerprint density at radius 2 is 1.92 bits per heavy atom. The molecule has 0 saturated heterocycles. The fourth-order valence-electron chi connectivity index (χ4n) is 5.26. The minimum atomic E-state index is -0.789. The van der Waals surface area contributed by atoms with Crippen LogP contribution in [0.15, 0.2) is 41.9 Å². The van der Waals surface area contributed by atoms with Crippen LogP contribution in [0.3, 0.4) is 0 Å². The molecule has 7 nitrogen and oxygen atoms in total. The predicted molar refractivity (Wildman–Crippen MR) is 143 cm³/mol. The van der Waals surface area contributed by atoms with Gasteiger partial charge in [-0.3, -0.25) is 4.68 Å². The Balaban J connectivity index is 1.37. The summed E-state index contributed by atoms with van der Waals surface area (Å²) in [6.07, 6.45) is 15.2. The highest BCUT2D eigenvalue weighted by Crippen LogP contribution is 2.41. The summed E-state index contributed by atoms with van der Waals surface area (Å²) in [6, 6.07) is 0.152. The number of aryl methyl sites for hydroxylation is 1. The largest absolute Gasteiger partial charge is 0.389 e. The molecule has 0 aliphatic heterocycles. The zero-order valence-electron chi connectivity index (χ0n) is 22.6. The average molecular weight is 492 g/mol. The van der Waals surface area contributed by atoms with E-state index in [-0.39, 0.29) is 17.7 Å². The summed E-state index contributed by atoms with van der Waals surface area (Å²) in [7, 11) is 0. The number of nitrogens with zero attached hydrogens (tertiary/aromatic N) is 4. The minimum Gasteiger partial charge on any atom is -0.389 e. The smallest absolute Gasteiger partial charge is 0.133 e. The number of rotatable bonds is 11. The van der Waals surface area contributed by atoms with Crippen LogP contribution >= 0.6 is 0 Å². The highest BCUT2D eigenvalue weighted by atomic mass is 16.3. The molecular weight excluding hydrogens is 450 g/mol. The van der Waals surface area contributed by atoms with E-state index in [2.05, 4.69) is 41.4 Å². The zero-order valence-corrected chi connectivity index (χ0v) is 22.6. The molecule has 7 heteroatoms. The topological polar surface area (TPSA) is 92.9 Å². The van der Waals surface area contributed by atoms with E-state index in [9.17, 15) is 9.90 Å². The number of carbonyl (C=O) groups excluding carboxylic acids is 1. The first-order chi connectivity index (χ1) is 17.0. The molecule has 0 amide bonds. The van der Waals surface area contributed by atoms with Crippen LogP contribution in [-0.4, -0.2) is 42.3 Å². The van der Waals surface area contributed by atoms with Gasteiger partial charge in [0.05, 0.1) is 24.4 Å². The van der Waals surface area contributed by atoms with E-state index in [0.29, 0.717) is 24.8 Å². The lowest BCUT2D eigenvalue weighted by molar-refractivity contribution is -0.117. The fourth-order valence-corrected chi connectivity index (χ4v) is 5.26. The molecule has 0 radical (unpaired) electrons. The second-order valence-electron chi connectivity index (χ2n) is 11.7. The van der Waals surface area contributed by atoms with E-state index >= 15 is 0 Å². The molecule has 2 atom stereocenters. The number of ketones is 1.